The molecule has 0 saturated heterocycles. The van der Waals surface area contributed by atoms with Crippen LogP contribution in [0.25, 0.3) is 0 Å². The quantitative estimate of drug-likeness (QED) is 0.192. The number of nitrogens with zero attached hydrogens (tertiary/aromatic N) is 4. The van der Waals surface area contributed by atoms with Crippen molar-refractivity contribution >= 4 is 23.2 Å². The Morgan fingerprint density at radius 3 is 2.44 bits per heavy atom. The highest BCUT2D eigenvalue weighted by Crippen LogP contribution is 2.47. The molecule has 0 aliphatic carbocycles. The minimum absolute atomic E-state index is 0.0148. The molecule has 1 aliphatic rings. The summed E-state index contributed by atoms with van der Waals surface area (Å²) in [7, 11) is 3.12. The summed E-state index contributed by atoms with van der Waals surface area (Å²) in [5, 5.41) is 32.1. The Hall–Kier alpha value is -5.00. The average Bonchev–Trinajstić information content (AvgIpc) is 3.60. The third kappa shape index (κ3) is 6.74. The van der Waals surface area contributed by atoms with E-state index in [9.17, 15) is 14.7 Å². The van der Waals surface area contributed by atoms with Crippen LogP contribution in [0.5, 0.6) is 11.5 Å². The molecule has 2 atom stereocenters. The molecule has 4 aromatic rings. The zero-order valence-corrected chi connectivity index (χ0v) is 25.5. The van der Waals surface area contributed by atoms with Crippen molar-refractivity contribution in [3.05, 3.63) is 107 Å². The molecule has 234 valence electrons. The zero-order chi connectivity index (χ0) is 32.0. The fourth-order valence-electron chi connectivity index (χ4n) is 5.36. The van der Waals surface area contributed by atoms with Gasteiger partial charge in [-0.05, 0) is 66.6 Å². The van der Waals surface area contributed by atoms with Gasteiger partial charge in [0.25, 0.3) is 11.8 Å². The first-order chi connectivity index (χ1) is 21.8. The van der Waals surface area contributed by atoms with Crippen LogP contribution in [0.3, 0.4) is 0 Å². The van der Waals surface area contributed by atoms with Crippen LogP contribution in [-0.4, -0.2) is 57.8 Å². The molecule has 5 rings (SSSR count). The number of ether oxygens (including phenoxy) is 2. The second kappa shape index (κ2) is 13.7. The second-order valence-corrected chi connectivity index (χ2v) is 10.9. The van der Waals surface area contributed by atoms with Gasteiger partial charge in [0.2, 0.25) is 0 Å². The number of methoxy groups -OCH3 is 2. The van der Waals surface area contributed by atoms with Crippen LogP contribution in [0.2, 0.25) is 0 Å². The first kappa shape index (κ1) is 31.4. The van der Waals surface area contributed by atoms with Gasteiger partial charge >= 0.3 is 0 Å². The van der Waals surface area contributed by atoms with Crippen molar-refractivity contribution in [2.75, 3.05) is 31.0 Å². The molecular formula is C34H37N5O6. The highest BCUT2D eigenvalue weighted by Gasteiger charge is 2.52. The molecule has 0 fully saturated rings. The first-order valence-electron chi connectivity index (χ1n) is 14.7. The van der Waals surface area contributed by atoms with Gasteiger partial charge in [-0.25, -0.2) is 0 Å². The Kier molecular flexibility index (Phi) is 9.60. The van der Waals surface area contributed by atoms with Crippen molar-refractivity contribution in [2.24, 2.45) is 5.92 Å². The maximum absolute atomic E-state index is 14.0. The normalized spacial score (nSPS) is 16.6. The van der Waals surface area contributed by atoms with E-state index in [1.54, 1.807) is 84.6 Å². The number of aromatic nitrogens is 3. The number of rotatable bonds is 13. The van der Waals surface area contributed by atoms with E-state index in [0.29, 0.717) is 53.4 Å². The van der Waals surface area contributed by atoms with E-state index >= 15 is 0 Å². The standard InChI is InChI=1S/C34H37N5O6/c1-23(6-4-5-18-38-22-27(17-19-40)36-37-38)34(43)30-20-29(45-3)15-16-31(30)39(33(34)42)21-24-7-11-26(12-8-24)35-32(41)25-9-13-28(44-2)14-10-25/h4,6-16,20,22-23,40,43H,5,17-19,21H2,1-3H3,(H,35,41)/b6-4+/t23-,34+/m1/s1. The molecule has 0 radical (unpaired) electrons. The number of nitrogens with one attached hydrogen (secondary N) is 1. The van der Waals surface area contributed by atoms with E-state index < -0.39 is 17.4 Å². The second-order valence-electron chi connectivity index (χ2n) is 10.9. The van der Waals surface area contributed by atoms with Crippen LogP contribution in [0, 0.1) is 5.92 Å². The van der Waals surface area contributed by atoms with Gasteiger partial charge in [-0.15, -0.1) is 5.10 Å². The van der Waals surface area contributed by atoms with Crippen LogP contribution < -0.4 is 19.7 Å². The monoisotopic (exact) mass is 611 g/mol. The number of amides is 2. The number of hydrogen-bond donors (Lipinski definition) is 3. The average molecular weight is 612 g/mol. The Bertz CT molecular complexity index is 1670. The molecule has 3 N–H and O–H groups in total. The molecule has 0 saturated carbocycles. The molecule has 0 spiro atoms. The van der Waals surface area contributed by atoms with Gasteiger partial charge in [-0.2, -0.15) is 0 Å². The van der Waals surface area contributed by atoms with Crippen molar-refractivity contribution in [3.63, 3.8) is 0 Å². The summed E-state index contributed by atoms with van der Waals surface area (Å²) in [6.07, 6.45) is 6.63. The lowest BCUT2D eigenvalue weighted by Gasteiger charge is -2.28. The number of allylic oxidation sites excluding steroid dienone is 1. The smallest absolute Gasteiger partial charge is 0.264 e. The van der Waals surface area contributed by atoms with E-state index in [1.165, 1.54) is 0 Å². The highest BCUT2D eigenvalue weighted by atomic mass is 16.5. The van der Waals surface area contributed by atoms with Crippen molar-refractivity contribution in [1.29, 1.82) is 0 Å². The van der Waals surface area contributed by atoms with Crippen LogP contribution in [0.15, 0.2) is 85.1 Å². The highest BCUT2D eigenvalue weighted by molar-refractivity contribution is 6.07. The van der Waals surface area contributed by atoms with E-state index in [4.69, 9.17) is 14.6 Å². The van der Waals surface area contributed by atoms with Gasteiger partial charge in [-0.3, -0.25) is 14.3 Å². The van der Waals surface area contributed by atoms with Crippen LogP contribution in [0.4, 0.5) is 11.4 Å². The van der Waals surface area contributed by atoms with Crippen LogP contribution in [0.1, 0.15) is 40.5 Å². The van der Waals surface area contributed by atoms with Gasteiger partial charge in [-0.1, -0.05) is 36.4 Å². The van der Waals surface area contributed by atoms with Crippen LogP contribution in [-0.2, 0) is 29.9 Å². The maximum atomic E-state index is 14.0. The lowest BCUT2D eigenvalue weighted by molar-refractivity contribution is -0.139. The van der Waals surface area contributed by atoms with E-state index in [0.717, 1.165) is 11.3 Å². The van der Waals surface area contributed by atoms with Crippen molar-refractivity contribution in [3.8, 4) is 11.5 Å². The zero-order valence-electron chi connectivity index (χ0n) is 25.5. The first-order valence-corrected chi connectivity index (χ1v) is 14.7. The number of carbonyl (C=O) groups is 2. The molecule has 3 aromatic carbocycles. The van der Waals surface area contributed by atoms with E-state index in [2.05, 4.69) is 15.6 Å². The summed E-state index contributed by atoms with van der Waals surface area (Å²) in [5.41, 5.74) is 1.96. The number of aliphatic hydroxyl groups excluding tert-OH is 1. The summed E-state index contributed by atoms with van der Waals surface area (Å²) < 4.78 is 12.3. The van der Waals surface area contributed by atoms with Crippen molar-refractivity contribution < 1.29 is 29.3 Å². The summed E-state index contributed by atoms with van der Waals surface area (Å²) in [6, 6.07) is 19.4. The number of fused-ring (bicyclic) bond motifs is 1. The predicted molar refractivity (Wildman–Crippen MR) is 169 cm³/mol. The number of benzene rings is 3. The Labute approximate surface area is 261 Å². The predicted octanol–water partition coefficient (Wildman–Crippen LogP) is 4.10. The Morgan fingerprint density at radius 2 is 1.76 bits per heavy atom. The number of anilines is 2. The summed E-state index contributed by atoms with van der Waals surface area (Å²) in [4.78, 5) is 28.2. The fourth-order valence-corrected chi connectivity index (χ4v) is 5.36. The lowest BCUT2D eigenvalue weighted by Crippen LogP contribution is -2.44. The Balaban J connectivity index is 1.29. The van der Waals surface area contributed by atoms with Gasteiger partial charge in [0.15, 0.2) is 5.60 Å². The molecule has 1 aliphatic heterocycles. The minimum atomic E-state index is -1.80. The molecule has 45 heavy (non-hydrogen) atoms. The lowest BCUT2D eigenvalue weighted by atomic mass is 9.83. The van der Waals surface area contributed by atoms with Gasteiger partial charge in [0, 0.05) is 48.5 Å². The number of aryl methyl sites for hydroxylation is 1. The number of hydrogen-bond acceptors (Lipinski definition) is 8. The molecule has 0 unspecified atom stereocenters. The summed E-state index contributed by atoms with van der Waals surface area (Å²) in [6.45, 7) is 2.63. The largest absolute Gasteiger partial charge is 0.497 e. The third-order valence-electron chi connectivity index (χ3n) is 7.94. The van der Waals surface area contributed by atoms with E-state index in [-0.39, 0.29) is 19.1 Å². The molecule has 1 aromatic heterocycles. The van der Waals surface area contributed by atoms with Gasteiger partial charge in [0.1, 0.15) is 11.5 Å². The fraction of sp³-hybridized carbons (Fsp3) is 0.294. The molecule has 2 amide bonds. The Morgan fingerprint density at radius 1 is 1.04 bits per heavy atom. The summed E-state index contributed by atoms with van der Waals surface area (Å²) >= 11 is 0. The molecule has 2 heterocycles. The molecular weight excluding hydrogens is 574 g/mol. The van der Waals surface area contributed by atoms with Gasteiger partial charge < -0.3 is 29.9 Å². The molecule has 11 nitrogen and oxygen atoms in total. The van der Waals surface area contributed by atoms with Crippen molar-refractivity contribution in [1.82, 2.24) is 15.0 Å². The van der Waals surface area contributed by atoms with E-state index in [1.807, 2.05) is 31.2 Å². The number of aliphatic hydroxyl groups is 2. The van der Waals surface area contributed by atoms with Gasteiger partial charge in [0.05, 0.1) is 32.1 Å². The number of carbonyl (C=O) groups excluding carboxylic acids is 2. The van der Waals surface area contributed by atoms with Crippen molar-refractivity contribution in [2.45, 2.75) is 38.5 Å². The summed E-state index contributed by atoms with van der Waals surface area (Å²) in [5.74, 6) is -0.00812. The maximum Gasteiger partial charge on any atom is 0.264 e. The SMILES string of the molecule is COc1ccc(C(=O)Nc2ccc(CN3C(=O)[C@](O)([C@H](C)/C=C/CCn4cc(CCO)nn4)c4cc(OC)ccc43)cc2)cc1. The van der Waals surface area contributed by atoms with Crippen LogP contribution >= 0.6 is 0 Å². The molecule has 11 heteroatoms. The minimum Gasteiger partial charge on any atom is -0.497 e. The topological polar surface area (TPSA) is 139 Å². The third-order valence-corrected chi connectivity index (χ3v) is 7.94. The molecule has 0 bridgehead atoms.